The number of carbonyl (C=O) groups is 1. The Hall–Kier alpha value is -0.500. The summed E-state index contributed by atoms with van der Waals surface area (Å²) in [6.45, 7) is 2.05. The minimum atomic E-state index is -0.649. The number of carboxylic acid groups (broad SMARTS) is 1. The van der Waals surface area contributed by atoms with Crippen LogP contribution in [0.2, 0.25) is 0 Å². The van der Waals surface area contributed by atoms with Crippen molar-refractivity contribution in [3.8, 4) is 0 Å². The van der Waals surface area contributed by atoms with E-state index in [9.17, 15) is 4.79 Å². The summed E-state index contributed by atoms with van der Waals surface area (Å²) in [5.41, 5.74) is 1.33. The first-order chi connectivity index (χ1) is 4.70. The Labute approximate surface area is 72.7 Å². The maximum absolute atomic E-state index is 10.4. The van der Waals surface area contributed by atoms with Gasteiger partial charge in [-0.05, 0) is 26.2 Å². The molecule has 0 aromatic carbocycles. The van der Waals surface area contributed by atoms with Crippen LogP contribution in [-0.2, 0) is 4.79 Å². The fraction of sp³-hybridized carbons (Fsp3) is 0.625. The summed E-state index contributed by atoms with van der Waals surface area (Å²) in [6.07, 6.45) is 4.53. The second kappa shape index (κ2) is 4.39. The Bertz CT molecular complexity index is 175. The van der Waals surface area contributed by atoms with Crippen molar-refractivity contribution in [3.63, 3.8) is 0 Å². The molecule has 64 valence electrons. The second-order valence-electron chi connectivity index (χ2n) is 2.86. The quantitative estimate of drug-likeness (QED) is 0.623. The molecule has 1 aliphatic carbocycles. The number of hydrogen-bond donors (Lipinski definition) is 1. The predicted molar refractivity (Wildman–Crippen MR) is 46.0 cm³/mol. The smallest absolute Gasteiger partial charge is 0.306 e. The summed E-state index contributed by atoms with van der Waals surface area (Å²) in [6, 6.07) is 0. The number of carboxylic acids is 1. The van der Waals surface area contributed by atoms with Crippen molar-refractivity contribution in [1.82, 2.24) is 0 Å². The van der Waals surface area contributed by atoms with Crippen LogP contribution < -0.4 is 0 Å². The molecular weight excluding hydrogens is 164 g/mol. The molecule has 0 aromatic heterocycles. The molecule has 0 aliphatic heterocycles. The molecule has 0 saturated carbocycles. The first-order valence-electron chi connectivity index (χ1n) is 3.58. The number of aliphatic carboxylic acids is 1. The van der Waals surface area contributed by atoms with Gasteiger partial charge in [0.05, 0.1) is 5.92 Å². The Balaban J connectivity index is 0.000001000. The van der Waals surface area contributed by atoms with E-state index < -0.39 is 5.97 Å². The van der Waals surface area contributed by atoms with Gasteiger partial charge in [0.2, 0.25) is 0 Å². The molecule has 1 unspecified atom stereocenters. The summed E-state index contributed by atoms with van der Waals surface area (Å²) < 4.78 is 0. The molecule has 0 fully saturated rings. The van der Waals surface area contributed by atoms with Gasteiger partial charge in [-0.1, -0.05) is 11.6 Å². The van der Waals surface area contributed by atoms with Gasteiger partial charge in [0.25, 0.3) is 0 Å². The summed E-state index contributed by atoms with van der Waals surface area (Å²) in [5, 5.41) is 8.60. The largest absolute Gasteiger partial charge is 0.481 e. The van der Waals surface area contributed by atoms with E-state index in [-0.39, 0.29) is 18.3 Å². The van der Waals surface area contributed by atoms with Gasteiger partial charge in [0, 0.05) is 0 Å². The normalized spacial score (nSPS) is 23.4. The highest BCUT2D eigenvalue weighted by Gasteiger charge is 2.18. The van der Waals surface area contributed by atoms with Crippen LogP contribution in [0.25, 0.3) is 0 Å². The van der Waals surface area contributed by atoms with Crippen LogP contribution in [0.3, 0.4) is 0 Å². The fourth-order valence-corrected chi connectivity index (χ4v) is 1.19. The van der Waals surface area contributed by atoms with Crippen LogP contribution in [-0.4, -0.2) is 11.1 Å². The summed E-state index contributed by atoms with van der Waals surface area (Å²) in [7, 11) is 0. The van der Waals surface area contributed by atoms with Gasteiger partial charge in [-0.3, -0.25) is 4.79 Å². The monoisotopic (exact) mass is 176 g/mol. The first-order valence-corrected chi connectivity index (χ1v) is 3.58. The third kappa shape index (κ3) is 2.93. The zero-order valence-electron chi connectivity index (χ0n) is 6.54. The standard InChI is InChI=1S/C8H12O2.ClH/c1-6-2-4-7(5-3-6)8(9)10;/h2,7H,3-5H2,1H3,(H,9,10);1H. The van der Waals surface area contributed by atoms with Crippen molar-refractivity contribution in [2.45, 2.75) is 26.2 Å². The Morgan fingerprint density at radius 1 is 1.73 bits per heavy atom. The maximum atomic E-state index is 10.4. The van der Waals surface area contributed by atoms with Gasteiger partial charge < -0.3 is 5.11 Å². The zero-order valence-corrected chi connectivity index (χ0v) is 7.36. The summed E-state index contributed by atoms with van der Waals surface area (Å²) in [4.78, 5) is 10.4. The van der Waals surface area contributed by atoms with Crippen LogP contribution in [0.4, 0.5) is 0 Å². The van der Waals surface area contributed by atoms with Crippen LogP contribution >= 0.6 is 12.4 Å². The molecule has 3 heteroatoms. The lowest BCUT2D eigenvalue weighted by Gasteiger charge is -2.15. The average Bonchev–Trinajstić information content (AvgIpc) is 1.88. The molecule has 0 spiro atoms. The topological polar surface area (TPSA) is 37.3 Å². The number of halogens is 1. The third-order valence-electron chi connectivity index (χ3n) is 1.99. The van der Waals surface area contributed by atoms with Crippen molar-refractivity contribution < 1.29 is 9.90 Å². The lowest BCUT2D eigenvalue weighted by molar-refractivity contribution is -0.141. The molecule has 2 nitrogen and oxygen atoms in total. The fourth-order valence-electron chi connectivity index (χ4n) is 1.19. The lowest BCUT2D eigenvalue weighted by atomic mass is 9.90. The van der Waals surface area contributed by atoms with Crippen LogP contribution in [0.5, 0.6) is 0 Å². The molecule has 0 radical (unpaired) electrons. The molecule has 0 amide bonds. The Kier molecular flexibility index (Phi) is 4.19. The molecule has 0 bridgehead atoms. The van der Waals surface area contributed by atoms with E-state index in [1.165, 1.54) is 5.57 Å². The van der Waals surface area contributed by atoms with Crippen molar-refractivity contribution >= 4 is 18.4 Å². The van der Waals surface area contributed by atoms with Crippen molar-refractivity contribution in [2.24, 2.45) is 5.92 Å². The summed E-state index contributed by atoms with van der Waals surface area (Å²) >= 11 is 0. The van der Waals surface area contributed by atoms with E-state index in [1.54, 1.807) is 0 Å². The SMILES string of the molecule is CC1=CCC(C(=O)O)CC1.Cl. The van der Waals surface area contributed by atoms with Crippen LogP contribution in [0, 0.1) is 5.92 Å². The molecule has 0 heterocycles. The van der Waals surface area contributed by atoms with E-state index in [0.717, 1.165) is 19.3 Å². The van der Waals surface area contributed by atoms with E-state index >= 15 is 0 Å². The Morgan fingerprint density at radius 3 is 2.73 bits per heavy atom. The van der Waals surface area contributed by atoms with Gasteiger partial charge in [0.15, 0.2) is 0 Å². The molecule has 11 heavy (non-hydrogen) atoms. The Morgan fingerprint density at radius 2 is 2.36 bits per heavy atom. The second-order valence-corrected chi connectivity index (χ2v) is 2.86. The third-order valence-corrected chi connectivity index (χ3v) is 1.99. The van der Waals surface area contributed by atoms with E-state index in [2.05, 4.69) is 6.92 Å². The van der Waals surface area contributed by atoms with E-state index in [0.29, 0.717) is 0 Å². The van der Waals surface area contributed by atoms with Crippen molar-refractivity contribution in [3.05, 3.63) is 11.6 Å². The van der Waals surface area contributed by atoms with Crippen LogP contribution in [0.1, 0.15) is 26.2 Å². The van der Waals surface area contributed by atoms with Crippen molar-refractivity contribution in [2.75, 3.05) is 0 Å². The van der Waals surface area contributed by atoms with Gasteiger partial charge >= 0.3 is 5.97 Å². The van der Waals surface area contributed by atoms with Gasteiger partial charge in [-0.2, -0.15) is 0 Å². The van der Waals surface area contributed by atoms with Crippen molar-refractivity contribution in [1.29, 1.82) is 0 Å². The maximum Gasteiger partial charge on any atom is 0.306 e. The minimum Gasteiger partial charge on any atom is -0.481 e. The van der Waals surface area contributed by atoms with E-state index in [1.807, 2.05) is 6.08 Å². The molecular formula is C8H13ClO2. The molecule has 0 saturated heterocycles. The molecule has 1 rings (SSSR count). The first kappa shape index (κ1) is 10.5. The lowest BCUT2D eigenvalue weighted by Crippen LogP contribution is -2.15. The van der Waals surface area contributed by atoms with Gasteiger partial charge in [0.1, 0.15) is 0 Å². The average molecular weight is 177 g/mol. The zero-order chi connectivity index (χ0) is 7.56. The number of hydrogen-bond acceptors (Lipinski definition) is 1. The summed E-state index contributed by atoms with van der Waals surface area (Å²) in [5.74, 6) is -0.771. The van der Waals surface area contributed by atoms with E-state index in [4.69, 9.17) is 5.11 Å². The number of allylic oxidation sites excluding steroid dienone is 2. The highest BCUT2D eigenvalue weighted by molar-refractivity contribution is 5.85. The highest BCUT2D eigenvalue weighted by atomic mass is 35.5. The molecule has 0 aromatic rings. The predicted octanol–water partition coefficient (Wildman–Crippen LogP) is 2.24. The van der Waals surface area contributed by atoms with Crippen LogP contribution in [0.15, 0.2) is 11.6 Å². The molecule has 1 N–H and O–H groups in total. The molecule has 1 atom stereocenters. The van der Waals surface area contributed by atoms with Gasteiger partial charge in [-0.25, -0.2) is 0 Å². The highest BCUT2D eigenvalue weighted by Crippen LogP contribution is 2.22. The minimum absolute atomic E-state index is 0. The van der Waals surface area contributed by atoms with Gasteiger partial charge in [-0.15, -0.1) is 12.4 Å². The number of rotatable bonds is 1. The molecule has 1 aliphatic rings.